The molecule has 2 heterocycles. The van der Waals surface area contributed by atoms with Crippen LogP contribution in [0.15, 0.2) is 39.5 Å². The zero-order valence-corrected chi connectivity index (χ0v) is 12.3. The molecule has 3 rings (SSSR count). The van der Waals surface area contributed by atoms with E-state index in [-0.39, 0.29) is 0 Å². The van der Waals surface area contributed by atoms with Crippen molar-refractivity contribution in [3.05, 3.63) is 39.5 Å². The van der Waals surface area contributed by atoms with Crippen molar-refractivity contribution < 1.29 is 4.74 Å². The highest BCUT2D eigenvalue weighted by atomic mass is 79.9. The fraction of sp³-hybridized carbons (Fsp3) is 0.0769. The molecule has 0 bridgehead atoms. The molecule has 0 spiro atoms. The van der Waals surface area contributed by atoms with Crippen molar-refractivity contribution in [3.8, 4) is 16.9 Å². The summed E-state index contributed by atoms with van der Waals surface area (Å²) in [4.78, 5) is 0. The van der Waals surface area contributed by atoms with Crippen LogP contribution in [0.1, 0.15) is 0 Å². The van der Waals surface area contributed by atoms with Crippen molar-refractivity contribution in [2.24, 2.45) is 0 Å². The molecule has 0 N–H and O–H groups in total. The summed E-state index contributed by atoms with van der Waals surface area (Å²) in [5.41, 5.74) is 2.52. The Labute approximate surface area is 116 Å². The molecule has 4 heteroatoms. The normalized spacial score (nSPS) is 10.9. The van der Waals surface area contributed by atoms with Gasteiger partial charge in [-0.05, 0) is 45.1 Å². The summed E-state index contributed by atoms with van der Waals surface area (Å²) < 4.78 is 9.08. The van der Waals surface area contributed by atoms with E-state index in [4.69, 9.17) is 4.74 Å². The SMILES string of the molecule is COc1ccc(-c2c(Br)sc3ccsc23)cc1. The first-order valence-electron chi connectivity index (χ1n) is 5.09. The van der Waals surface area contributed by atoms with Crippen LogP contribution in [0.5, 0.6) is 5.75 Å². The second kappa shape index (κ2) is 4.44. The molecule has 1 nitrogen and oxygen atoms in total. The van der Waals surface area contributed by atoms with Gasteiger partial charge < -0.3 is 4.74 Å². The van der Waals surface area contributed by atoms with Gasteiger partial charge in [0.15, 0.2) is 0 Å². The van der Waals surface area contributed by atoms with E-state index in [9.17, 15) is 0 Å². The Morgan fingerprint density at radius 2 is 1.88 bits per heavy atom. The van der Waals surface area contributed by atoms with E-state index in [1.807, 2.05) is 12.1 Å². The minimum Gasteiger partial charge on any atom is -0.497 e. The van der Waals surface area contributed by atoms with Gasteiger partial charge in [-0.15, -0.1) is 22.7 Å². The lowest BCUT2D eigenvalue weighted by atomic mass is 10.1. The molecule has 0 atom stereocenters. The molecule has 0 aliphatic rings. The highest BCUT2D eigenvalue weighted by Gasteiger charge is 2.13. The molecular formula is C13H9BrOS2. The van der Waals surface area contributed by atoms with Crippen molar-refractivity contribution in [2.75, 3.05) is 7.11 Å². The Morgan fingerprint density at radius 3 is 2.59 bits per heavy atom. The molecular weight excluding hydrogens is 316 g/mol. The number of hydrogen-bond donors (Lipinski definition) is 0. The molecule has 3 aromatic rings. The fourth-order valence-corrected chi connectivity index (χ4v) is 5.01. The lowest BCUT2D eigenvalue weighted by molar-refractivity contribution is 0.415. The largest absolute Gasteiger partial charge is 0.497 e. The third-order valence-corrected chi connectivity index (χ3v) is 5.52. The molecule has 17 heavy (non-hydrogen) atoms. The van der Waals surface area contributed by atoms with Gasteiger partial charge in [-0.3, -0.25) is 0 Å². The average Bonchev–Trinajstić information content (AvgIpc) is 2.89. The number of rotatable bonds is 2. The molecule has 0 amide bonds. The summed E-state index contributed by atoms with van der Waals surface area (Å²) in [6.45, 7) is 0. The minimum absolute atomic E-state index is 0.891. The Hall–Kier alpha value is -0.840. The van der Waals surface area contributed by atoms with Crippen LogP contribution in [0.2, 0.25) is 0 Å². The van der Waals surface area contributed by atoms with Gasteiger partial charge >= 0.3 is 0 Å². The molecule has 0 saturated carbocycles. The minimum atomic E-state index is 0.891. The molecule has 0 aliphatic heterocycles. The molecule has 0 fully saturated rings. The van der Waals surface area contributed by atoms with Crippen LogP contribution >= 0.6 is 38.6 Å². The zero-order chi connectivity index (χ0) is 11.8. The van der Waals surface area contributed by atoms with E-state index < -0.39 is 0 Å². The first kappa shape index (κ1) is 11.3. The Morgan fingerprint density at radius 1 is 1.12 bits per heavy atom. The number of methoxy groups -OCH3 is 1. The van der Waals surface area contributed by atoms with Crippen LogP contribution < -0.4 is 4.74 Å². The summed E-state index contributed by atoms with van der Waals surface area (Å²) in [6.07, 6.45) is 0. The monoisotopic (exact) mass is 324 g/mol. The molecule has 0 saturated heterocycles. The number of benzene rings is 1. The van der Waals surface area contributed by atoms with E-state index in [2.05, 4.69) is 39.5 Å². The average molecular weight is 325 g/mol. The van der Waals surface area contributed by atoms with Gasteiger partial charge in [-0.2, -0.15) is 0 Å². The van der Waals surface area contributed by atoms with E-state index in [0.717, 1.165) is 5.75 Å². The molecule has 0 unspecified atom stereocenters. The molecule has 1 aromatic carbocycles. The molecule has 2 aromatic heterocycles. The van der Waals surface area contributed by atoms with Gasteiger partial charge in [0, 0.05) is 10.3 Å². The maximum absolute atomic E-state index is 5.18. The Bertz CT molecular complexity index is 652. The number of halogens is 1. The van der Waals surface area contributed by atoms with Crippen LogP contribution in [0, 0.1) is 0 Å². The number of ether oxygens (including phenoxy) is 1. The van der Waals surface area contributed by atoms with Gasteiger partial charge in [0.25, 0.3) is 0 Å². The smallest absolute Gasteiger partial charge is 0.118 e. The van der Waals surface area contributed by atoms with Crippen LogP contribution in [0.25, 0.3) is 20.5 Å². The van der Waals surface area contributed by atoms with Crippen molar-refractivity contribution in [3.63, 3.8) is 0 Å². The van der Waals surface area contributed by atoms with Crippen LogP contribution in [-0.2, 0) is 0 Å². The van der Waals surface area contributed by atoms with E-state index >= 15 is 0 Å². The predicted octanol–water partition coefficient (Wildman–Crippen LogP) is 5.40. The third kappa shape index (κ3) is 1.90. The molecule has 0 radical (unpaired) electrons. The van der Waals surface area contributed by atoms with Gasteiger partial charge in [-0.1, -0.05) is 12.1 Å². The summed E-state index contributed by atoms with van der Waals surface area (Å²) in [7, 11) is 1.69. The van der Waals surface area contributed by atoms with Gasteiger partial charge in [-0.25, -0.2) is 0 Å². The van der Waals surface area contributed by atoms with E-state index in [1.54, 1.807) is 29.8 Å². The predicted molar refractivity (Wildman–Crippen MR) is 79.4 cm³/mol. The lowest BCUT2D eigenvalue weighted by Gasteiger charge is -2.02. The van der Waals surface area contributed by atoms with Crippen molar-refractivity contribution in [1.29, 1.82) is 0 Å². The highest BCUT2D eigenvalue weighted by Crippen LogP contribution is 2.44. The summed E-state index contributed by atoms with van der Waals surface area (Å²) in [5, 5.41) is 2.14. The quantitative estimate of drug-likeness (QED) is 0.613. The first-order valence-corrected chi connectivity index (χ1v) is 7.58. The second-order valence-corrected chi connectivity index (χ2v) is 6.88. The number of fused-ring (bicyclic) bond motifs is 1. The molecule has 86 valence electrons. The van der Waals surface area contributed by atoms with Gasteiger partial charge in [0.1, 0.15) is 5.75 Å². The van der Waals surface area contributed by atoms with Gasteiger partial charge in [0.05, 0.1) is 15.6 Å². The Kier molecular flexibility index (Phi) is 2.94. The fourth-order valence-electron chi connectivity index (χ4n) is 1.80. The van der Waals surface area contributed by atoms with Crippen LogP contribution in [-0.4, -0.2) is 7.11 Å². The van der Waals surface area contributed by atoms with Crippen LogP contribution in [0.3, 0.4) is 0 Å². The molecule has 0 aliphatic carbocycles. The maximum atomic E-state index is 5.18. The standard InChI is InChI=1S/C13H9BrOS2/c1-15-9-4-2-8(3-5-9)11-12-10(6-7-16-12)17-13(11)14/h2-7H,1H3. The zero-order valence-electron chi connectivity index (χ0n) is 9.07. The summed E-state index contributed by atoms with van der Waals surface area (Å²) >= 11 is 7.23. The summed E-state index contributed by atoms with van der Waals surface area (Å²) in [6, 6.07) is 10.4. The highest BCUT2D eigenvalue weighted by molar-refractivity contribution is 9.11. The van der Waals surface area contributed by atoms with E-state index in [1.165, 1.54) is 24.3 Å². The van der Waals surface area contributed by atoms with Crippen molar-refractivity contribution in [2.45, 2.75) is 0 Å². The van der Waals surface area contributed by atoms with Gasteiger partial charge in [0.2, 0.25) is 0 Å². The first-order chi connectivity index (χ1) is 8.29. The lowest BCUT2D eigenvalue weighted by Crippen LogP contribution is -1.82. The Balaban J connectivity index is 2.18. The topological polar surface area (TPSA) is 9.23 Å². The summed E-state index contributed by atoms with van der Waals surface area (Å²) in [5.74, 6) is 0.891. The van der Waals surface area contributed by atoms with Crippen LogP contribution in [0.4, 0.5) is 0 Å². The third-order valence-electron chi connectivity index (χ3n) is 2.63. The number of thiophene rings is 2. The van der Waals surface area contributed by atoms with Crippen molar-refractivity contribution in [1.82, 2.24) is 0 Å². The van der Waals surface area contributed by atoms with E-state index in [0.29, 0.717) is 0 Å². The second-order valence-electron chi connectivity index (χ2n) is 3.59. The van der Waals surface area contributed by atoms with Crippen molar-refractivity contribution >= 4 is 48.0 Å². The number of hydrogen-bond acceptors (Lipinski definition) is 3. The maximum Gasteiger partial charge on any atom is 0.118 e.